The molecule has 138 valence electrons. The molecule has 0 aromatic heterocycles. The second kappa shape index (κ2) is 8.96. The van der Waals surface area contributed by atoms with Gasteiger partial charge in [-0.05, 0) is 36.8 Å². The molecule has 0 radical (unpaired) electrons. The van der Waals surface area contributed by atoms with Gasteiger partial charge in [-0.25, -0.2) is 9.59 Å². The molecule has 2 rings (SSSR count). The Balaban J connectivity index is 2.31. The normalized spacial score (nSPS) is 11.6. The van der Waals surface area contributed by atoms with E-state index in [9.17, 15) is 14.7 Å². The van der Waals surface area contributed by atoms with Crippen LogP contribution in [0.1, 0.15) is 29.8 Å². The van der Waals surface area contributed by atoms with E-state index in [0.29, 0.717) is 23.1 Å². The summed E-state index contributed by atoms with van der Waals surface area (Å²) in [6.07, 6.45) is 0.0615. The quantitative estimate of drug-likeness (QED) is 0.337. The molecule has 0 saturated heterocycles. The molecule has 7 nitrogen and oxygen atoms in total. The van der Waals surface area contributed by atoms with Crippen molar-refractivity contribution in [3.8, 4) is 0 Å². The summed E-state index contributed by atoms with van der Waals surface area (Å²) >= 11 is 0. The van der Waals surface area contributed by atoms with E-state index < -0.39 is 11.9 Å². The molecular weight excluding hydrogens is 338 g/mol. The number of ether oxygens (including phenoxy) is 2. The van der Waals surface area contributed by atoms with E-state index in [-0.39, 0.29) is 18.4 Å². The van der Waals surface area contributed by atoms with Crippen molar-refractivity contribution in [1.29, 1.82) is 0 Å². The molecule has 2 aromatic carbocycles. The molecule has 1 N–H and O–H groups in total. The molecule has 0 bridgehead atoms. The summed E-state index contributed by atoms with van der Waals surface area (Å²) in [5.41, 5.74) is 0.431. The van der Waals surface area contributed by atoms with Crippen molar-refractivity contribution in [2.45, 2.75) is 20.0 Å². The van der Waals surface area contributed by atoms with Gasteiger partial charge in [0.05, 0.1) is 18.3 Å². The first-order valence-electron chi connectivity index (χ1n) is 8.10. The van der Waals surface area contributed by atoms with Crippen molar-refractivity contribution in [3.63, 3.8) is 0 Å². The summed E-state index contributed by atoms with van der Waals surface area (Å²) < 4.78 is 10.5. The number of carbonyl (C=O) groups is 2. The molecule has 0 saturated carbocycles. The average molecular weight is 359 g/mol. The molecule has 0 aliphatic heterocycles. The van der Waals surface area contributed by atoms with Gasteiger partial charge in [-0.2, -0.15) is 0 Å². The minimum Gasteiger partial charge on any atom is -0.476 e. The van der Waals surface area contributed by atoms with Gasteiger partial charge in [0.1, 0.15) is 13.7 Å². The Labute approximate surface area is 151 Å². The lowest BCUT2D eigenvalue weighted by molar-refractivity contribution is -0.129. The first kappa shape index (κ1) is 19.4. The molecule has 0 heterocycles. The van der Waals surface area contributed by atoms with E-state index in [4.69, 9.17) is 9.47 Å². The highest BCUT2D eigenvalue weighted by Gasteiger charge is 2.18. The zero-order valence-electron chi connectivity index (χ0n) is 14.9. The van der Waals surface area contributed by atoms with Gasteiger partial charge in [0.2, 0.25) is 0 Å². The van der Waals surface area contributed by atoms with Crippen LogP contribution in [0, 0.1) is 0 Å². The van der Waals surface area contributed by atoms with Gasteiger partial charge in [0.25, 0.3) is 0 Å². The zero-order chi connectivity index (χ0) is 19.1. The number of carbonyl (C=O) groups excluding carboxylic acids is 1. The molecule has 2 aromatic rings. The number of fused-ring (bicyclic) bond motifs is 1. The van der Waals surface area contributed by atoms with E-state index >= 15 is 0 Å². The van der Waals surface area contributed by atoms with Gasteiger partial charge in [0.15, 0.2) is 5.71 Å². The van der Waals surface area contributed by atoms with Gasteiger partial charge in [0, 0.05) is 5.56 Å². The number of benzene rings is 2. The lowest BCUT2D eigenvalue weighted by atomic mass is 9.99. The third-order valence-electron chi connectivity index (χ3n) is 3.53. The SMILES string of the molecule is CON=C(C(=O)O)c1cccc2ccc(C(=O)OCCOC(C)C)cc12. The summed E-state index contributed by atoms with van der Waals surface area (Å²) in [5.74, 6) is -1.73. The first-order chi connectivity index (χ1) is 12.4. The van der Waals surface area contributed by atoms with Crippen LogP contribution in [0.2, 0.25) is 0 Å². The lowest BCUT2D eigenvalue weighted by Gasteiger charge is -2.10. The molecule has 0 aliphatic rings. The average Bonchev–Trinajstić information content (AvgIpc) is 2.62. The Morgan fingerprint density at radius 1 is 1.15 bits per heavy atom. The number of hydrogen-bond acceptors (Lipinski definition) is 6. The zero-order valence-corrected chi connectivity index (χ0v) is 14.9. The predicted octanol–water partition coefficient (Wildman–Crippen LogP) is 2.86. The minimum absolute atomic E-state index is 0.0615. The highest BCUT2D eigenvalue weighted by atomic mass is 16.6. The predicted molar refractivity (Wildman–Crippen MR) is 96.5 cm³/mol. The van der Waals surface area contributed by atoms with Crippen molar-refractivity contribution in [2.24, 2.45) is 5.16 Å². The molecule has 0 amide bonds. The molecule has 0 fully saturated rings. The Kier molecular flexibility index (Phi) is 6.68. The maximum absolute atomic E-state index is 12.2. The van der Waals surface area contributed by atoms with Gasteiger partial charge in [-0.1, -0.05) is 29.4 Å². The third-order valence-corrected chi connectivity index (χ3v) is 3.53. The van der Waals surface area contributed by atoms with Gasteiger partial charge >= 0.3 is 11.9 Å². The molecule has 7 heteroatoms. The fraction of sp³-hybridized carbons (Fsp3) is 0.316. The smallest absolute Gasteiger partial charge is 0.358 e. The monoisotopic (exact) mass is 359 g/mol. The summed E-state index contributed by atoms with van der Waals surface area (Å²) in [5, 5.41) is 14.3. The molecule has 0 atom stereocenters. The lowest BCUT2D eigenvalue weighted by Crippen LogP contribution is -2.16. The second-order valence-electron chi connectivity index (χ2n) is 5.72. The van der Waals surface area contributed by atoms with Gasteiger partial charge < -0.3 is 19.4 Å². The van der Waals surface area contributed by atoms with E-state index in [0.717, 1.165) is 5.39 Å². The van der Waals surface area contributed by atoms with E-state index in [1.807, 2.05) is 19.9 Å². The Morgan fingerprint density at radius 3 is 2.58 bits per heavy atom. The number of hydrogen-bond donors (Lipinski definition) is 1. The van der Waals surface area contributed by atoms with Crippen molar-refractivity contribution < 1.29 is 29.0 Å². The number of aliphatic carboxylic acids is 1. The molecular formula is C19H21NO6. The number of nitrogens with zero attached hydrogens (tertiary/aromatic N) is 1. The fourth-order valence-corrected chi connectivity index (χ4v) is 2.40. The van der Waals surface area contributed by atoms with Crippen LogP contribution in [0.15, 0.2) is 41.6 Å². The molecule has 0 aliphatic carbocycles. The van der Waals surface area contributed by atoms with Crippen molar-refractivity contribution in [3.05, 3.63) is 47.5 Å². The van der Waals surface area contributed by atoms with Crippen molar-refractivity contribution >= 4 is 28.4 Å². The summed E-state index contributed by atoms with van der Waals surface area (Å²) in [6, 6.07) is 10.1. The summed E-state index contributed by atoms with van der Waals surface area (Å²) in [7, 11) is 1.27. The molecule has 0 unspecified atom stereocenters. The summed E-state index contributed by atoms with van der Waals surface area (Å²) in [4.78, 5) is 28.3. The minimum atomic E-state index is -1.22. The number of esters is 1. The second-order valence-corrected chi connectivity index (χ2v) is 5.72. The Hall–Kier alpha value is -2.93. The fourth-order valence-electron chi connectivity index (χ4n) is 2.40. The highest BCUT2D eigenvalue weighted by Crippen LogP contribution is 2.22. The first-order valence-corrected chi connectivity index (χ1v) is 8.10. The van der Waals surface area contributed by atoms with Gasteiger partial charge in [-0.15, -0.1) is 0 Å². The Bertz CT molecular complexity index is 828. The van der Waals surface area contributed by atoms with Crippen LogP contribution in [0.5, 0.6) is 0 Å². The molecule has 0 spiro atoms. The standard InChI is InChI=1S/C19H21NO6/c1-12(2)25-9-10-26-19(23)14-8-7-13-5-4-6-15(16(13)11-14)17(18(21)22)20-24-3/h4-8,11-12H,9-10H2,1-3H3,(H,21,22). The number of oxime groups is 1. The maximum atomic E-state index is 12.2. The van der Waals surface area contributed by atoms with E-state index in [1.165, 1.54) is 7.11 Å². The summed E-state index contributed by atoms with van der Waals surface area (Å²) in [6.45, 7) is 4.25. The van der Waals surface area contributed by atoms with E-state index in [1.54, 1.807) is 30.3 Å². The Morgan fingerprint density at radius 2 is 1.92 bits per heavy atom. The van der Waals surface area contributed by atoms with Crippen LogP contribution >= 0.6 is 0 Å². The van der Waals surface area contributed by atoms with E-state index in [2.05, 4.69) is 9.99 Å². The van der Waals surface area contributed by atoms with Crippen LogP contribution < -0.4 is 0 Å². The maximum Gasteiger partial charge on any atom is 0.358 e. The number of carboxylic acids is 1. The van der Waals surface area contributed by atoms with Crippen LogP contribution in [0.25, 0.3) is 10.8 Å². The van der Waals surface area contributed by atoms with Gasteiger partial charge in [-0.3, -0.25) is 0 Å². The molecule has 26 heavy (non-hydrogen) atoms. The topological polar surface area (TPSA) is 94.4 Å². The highest BCUT2D eigenvalue weighted by molar-refractivity contribution is 6.44. The van der Waals surface area contributed by atoms with Crippen molar-refractivity contribution in [2.75, 3.05) is 20.3 Å². The van der Waals surface area contributed by atoms with Crippen LogP contribution in [0.3, 0.4) is 0 Å². The van der Waals surface area contributed by atoms with Crippen LogP contribution in [-0.2, 0) is 19.1 Å². The number of rotatable bonds is 8. The number of carboxylic acid groups (broad SMARTS) is 1. The largest absolute Gasteiger partial charge is 0.476 e. The third kappa shape index (κ3) is 4.80. The van der Waals surface area contributed by atoms with Crippen LogP contribution in [-0.4, -0.2) is 49.2 Å². The van der Waals surface area contributed by atoms with Crippen molar-refractivity contribution in [1.82, 2.24) is 0 Å². The van der Waals surface area contributed by atoms with Crippen LogP contribution in [0.4, 0.5) is 0 Å².